The molecule has 1 saturated heterocycles. The number of aryl methyl sites for hydroxylation is 1. The SMILES string of the molecule is Cc1cc(Nc2nccn3c(-c4ccc(OC(F)F)cc4)cnc23)ccc1C(=O)N1CCC(Oc2ncccn2)CC1. The summed E-state index contributed by atoms with van der Waals surface area (Å²) in [6, 6.07) is 14.0. The Morgan fingerprint density at radius 3 is 2.48 bits per heavy atom. The van der Waals surface area contributed by atoms with Gasteiger partial charge in [-0.15, -0.1) is 0 Å². The van der Waals surface area contributed by atoms with Gasteiger partial charge in [0.25, 0.3) is 5.91 Å². The first kappa shape index (κ1) is 27.1. The van der Waals surface area contributed by atoms with E-state index in [4.69, 9.17) is 4.74 Å². The number of likely N-dealkylation sites (tertiary alicyclic amines) is 1. The highest BCUT2D eigenvalue weighted by atomic mass is 19.3. The van der Waals surface area contributed by atoms with E-state index >= 15 is 0 Å². The average Bonchev–Trinajstić information content (AvgIpc) is 3.43. The number of hydrogen-bond donors (Lipinski definition) is 1. The Bertz CT molecular complexity index is 1690. The van der Waals surface area contributed by atoms with Crippen molar-refractivity contribution in [1.82, 2.24) is 29.2 Å². The van der Waals surface area contributed by atoms with E-state index in [1.807, 2.05) is 34.4 Å². The molecule has 0 bridgehead atoms. The number of rotatable bonds is 8. The van der Waals surface area contributed by atoms with E-state index in [0.29, 0.717) is 49.0 Å². The molecule has 1 aliphatic heterocycles. The van der Waals surface area contributed by atoms with E-state index in [9.17, 15) is 13.6 Å². The smallest absolute Gasteiger partial charge is 0.387 e. The summed E-state index contributed by atoms with van der Waals surface area (Å²) in [6.07, 6.45) is 9.79. The Morgan fingerprint density at radius 1 is 1.00 bits per heavy atom. The molecule has 1 aliphatic rings. The number of piperidine rings is 1. The second kappa shape index (κ2) is 11.8. The Morgan fingerprint density at radius 2 is 1.76 bits per heavy atom. The number of anilines is 2. The molecule has 1 amide bonds. The molecule has 12 heteroatoms. The van der Waals surface area contributed by atoms with Crippen LogP contribution in [0.4, 0.5) is 20.3 Å². The lowest BCUT2D eigenvalue weighted by molar-refractivity contribution is -0.0498. The first-order chi connectivity index (χ1) is 20.4. The fourth-order valence-corrected chi connectivity index (χ4v) is 4.99. The van der Waals surface area contributed by atoms with Crippen molar-refractivity contribution in [3.63, 3.8) is 0 Å². The summed E-state index contributed by atoms with van der Waals surface area (Å²) in [5, 5.41) is 3.31. The summed E-state index contributed by atoms with van der Waals surface area (Å²) in [5.74, 6) is 0.599. The number of aromatic nitrogens is 5. The summed E-state index contributed by atoms with van der Waals surface area (Å²) in [4.78, 5) is 32.4. The standard InChI is InChI=1S/C30H27F2N7O3/c1-19-17-21(5-8-24(19)28(40)38-14-9-23(10-15-38)42-30-34-11-2-12-35-30)37-26-27-36-18-25(39(27)16-13-33-26)20-3-6-22(7-4-20)41-29(31)32/h2-8,11-13,16-18,23,29H,9-10,14-15H2,1H3,(H,33,37). The number of fused-ring (bicyclic) bond motifs is 1. The van der Waals surface area contributed by atoms with Crippen LogP contribution in [0.1, 0.15) is 28.8 Å². The second-order valence-corrected chi connectivity index (χ2v) is 9.81. The van der Waals surface area contributed by atoms with Crippen LogP contribution in [0.5, 0.6) is 11.8 Å². The molecule has 42 heavy (non-hydrogen) atoms. The molecule has 4 heterocycles. The molecule has 0 radical (unpaired) electrons. The van der Waals surface area contributed by atoms with Crippen LogP contribution in [-0.2, 0) is 0 Å². The van der Waals surface area contributed by atoms with Gasteiger partial charge in [-0.25, -0.2) is 19.9 Å². The monoisotopic (exact) mass is 571 g/mol. The number of nitrogens with one attached hydrogen (secondary N) is 1. The molecule has 5 aromatic rings. The van der Waals surface area contributed by atoms with Gasteiger partial charge in [0.15, 0.2) is 11.5 Å². The van der Waals surface area contributed by atoms with Crippen LogP contribution < -0.4 is 14.8 Å². The maximum Gasteiger partial charge on any atom is 0.387 e. The first-order valence-electron chi connectivity index (χ1n) is 13.4. The van der Waals surface area contributed by atoms with Crippen LogP contribution >= 0.6 is 0 Å². The zero-order chi connectivity index (χ0) is 29.1. The fraction of sp³-hybridized carbons (Fsp3) is 0.233. The zero-order valence-electron chi connectivity index (χ0n) is 22.7. The van der Waals surface area contributed by atoms with Crippen molar-refractivity contribution in [2.24, 2.45) is 0 Å². The summed E-state index contributed by atoms with van der Waals surface area (Å²) >= 11 is 0. The van der Waals surface area contributed by atoms with Gasteiger partial charge in [0.2, 0.25) is 0 Å². The van der Waals surface area contributed by atoms with Gasteiger partial charge >= 0.3 is 12.6 Å². The summed E-state index contributed by atoms with van der Waals surface area (Å²) in [7, 11) is 0. The third kappa shape index (κ3) is 5.82. The molecule has 2 aromatic carbocycles. The van der Waals surface area contributed by atoms with Crippen LogP contribution in [0.15, 0.2) is 79.5 Å². The average molecular weight is 572 g/mol. The van der Waals surface area contributed by atoms with Gasteiger partial charge in [-0.05, 0) is 61.0 Å². The Labute approximate surface area is 240 Å². The van der Waals surface area contributed by atoms with Crippen molar-refractivity contribution in [3.05, 3.63) is 90.6 Å². The Kier molecular flexibility index (Phi) is 7.58. The first-order valence-corrected chi connectivity index (χ1v) is 13.4. The van der Waals surface area contributed by atoms with Gasteiger partial charge < -0.3 is 19.7 Å². The highest BCUT2D eigenvalue weighted by Gasteiger charge is 2.26. The topological polar surface area (TPSA) is 107 Å². The molecular formula is C30H27F2N7O3. The van der Waals surface area contributed by atoms with E-state index in [2.05, 4.69) is 30.0 Å². The number of alkyl halides is 2. The van der Waals surface area contributed by atoms with Crippen molar-refractivity contribution in [3.8, 4) is 23.0 Å². The second-order valence-electron chi connectivity index (χ2n) is 9.81. The number of carbonyl (C=O) groups is 1. The molecule has 0 saturated carbocycles. The number of amides is 1. The van der Waals surface area contributed by atoms with Crippen LogP contribution in [0.2, 0.25) is 0 Å². The van der Waals surface area contributed by atoms with Crippen molar-refractivity contribution in [1.29, 1.82) is 0 Å². The molecule has 0 spiro atoms. The molecular weight excluding hydrogens is 544 g/mol. The minimum absolute atomic E-state index is 0.0171. The summed E-state index contributed by atoms with van der Waals surface area (Å²) in [5.41, 5.74) is 4.37. The third-order valence-corrected chi connectivity index (χ3v) is 7.07. The van der Waals surface area contributed by atoms with Crippen molar-refractivity contribution < 1.29 is 23.0 Å². The van der Waals surface area contributed by atoms with E-state index in [1.54, 1.807) is 49.2 Å². The lowest BCUT2D eigenvalue weighted by Crippen LogP contribution is -2.42. The van der Waals surface area contributed by atoms with Gasteiger partial charge in [-0.3, -0.25) is 9.20 Å². The lowest BCUT2D eigenvalue weighted by Gasteiger charge is -2.32. The molecule has 6 rings (SSSR count). The van der Waals surface area contributed by atoms with Gasteiger partial charge in [0, 0.05) is 67.5 Å². The summed E-state index contributed by atoms with van der Waals surface area (Å²) < 4.78 is 37.1. The number of nitrogens with zero attached hydrogens (tertiary/aromatic N) is 6. The van der Waals surface area contributed by atoms with Gasteiger partial charge in [-0.2, -0.15) is 8.78 Å². The minimum atomic E-state index is -2.88. The lowest BCUT2D eigenvalue weighted by atomic mass is 10.0. The number of benzene rings is 2. The van der Waals surface area contributed by atoms with E-state index in [1.165, 1.54) is 12.1 Å². The predicted molar refractivity (Wildman–Crippen MR) is 151 cm³/mol. The summed E-state index contributed by atoms with van der Waals surface area (Å²) in [6.45, 7) is 0.206. The molecule has 1 N–H and O–H groups in total. The van der Waals surface area contributed by atoms with E-state index in [-0.39, 0.29) is 17.8 Å². The highest BCUT2D eigenvalue weighted by Crippen LogP contribution is 2.28. The predicted octanol–water partition coefficient (Wildman–Crippen LogP) is 5.52. The molecule has 1 fully saturated rings. The largest absolute Gasteiger partial charge is 0.460 e. The van der Waals surface area contributed by atoms with E-state index in [0.717, 1.165) is 22.5 Å². The molecule has 3 aromatic heterocycles. The van der Waals surface area contributed by atoms with Gasteiger partial charge in [0.05, 0.1) is 11.9 Å². The maximum absolute atomic E-state index is 13.3. The maximum atomic E-state index is 13.3. The van der Waals surface area contributed by atoms with Gasteiger partial charge in [-0.1, -0.05) is 0 Å². The molecule has 214 valence electrons. The van der Waals surface area contributed by atoms with Crippen LogP contribution in [-0.4, -0.2) is 60.9 Å². The minimum Gasteiger partial charge on any atom is -0.460 e. The van der Waals surface area contributed by atoms with Crippen LogP contribution in [0.3, 0.4) is 0 Å². The van der Waals surface area contributed by atoms with Crippen molar-refractivity contribution in [2.45, 2.75) is 32.5 Å². The number of carbonyl (C=O) groups excluding carboxylic acids is 1. The number of ether oxygens (including phenoxy) is 2. The van der Waals surface area contributed by atoms with Crippen LogP contribution in [0.25, 0.3) is 16.9 Å². The third-order valence-electron chi connectivity index (χ3n) is 7.07. The van der Waals surface area contributed by atoms with Crippen LogP contribution in [0, 0.1) is 6.92 Å². The van der Waals surface area contributed by atoms with Gasteiger partial charge in [0.1, 0.15) is 11.9 Å². The Hall–Kier alpha value is -5.13. The normalized spacial score (nSPS) is 13.9. The number of hydrogen-bond acceptors (Lipinski definition) is 8. The fourth-order valence-electron chi connectivity index (χ4n) is 4.99. The van der Waals surface area contributed by atoms with E-state index < -0.39 is 6.61 Å². The zero-order valence-corrected chi connectivity index (χ0v) is 22.7. The van der Waals surface area contributed by atoms with Crippen molar-refractivity contribution >= 4 is 23.1 Å². The Balaban J connectivity index is 1.13. The molecule has 10 nitrogen and oxygen atoms in total. The molecule has 0 unspecified atom stereocenters. The highest BCUT2D eigenvalue weighted by molar-refractivity contribution is 5.96. The molecule has 0 aliphatic carbocycles. The number of halogens is 2. The quantitative estimate of drug-likeness (QED) is 0.259. The van der Waals surface area contributed by atoms with Crippen molar-refractivity contribution in [2.75, 3.05) is 18.4 Å². The molecule has 0 atom stereocenters. The number of imidazole rings is 1.